The smallest absolute Gasteiger partial charge is 0.258 e. The van der Waals surface area contributed by atoms with Crippen molar-refractivity contribution in [1.82, 2.24) is 9.97 Å². The molecule has 0 saturated carbocycles. The lowest BCUT2D eigenvalue weighted by Crippen LogP contribution is -2.18. The Morgan fingerprint density at radius 1 is 1.69 bits per heavy atom. The van der Waals surface area contributed by atoms with Gasteiger partial charge in [-0.2, -0.15) is 4.98 Å². The van der Waals surface area contributed by atoms with Crippen LogP contribution >= 0.6 is 0 Å². The predicted octanol–water partition coefficient (Wildman–Crippen LogP) is 0.121. The monoisotopic (exact) mass is 182 g/mol. The highest BCUT2D eigenvalue weighted by atomic mass is 19.1. The standard InChI is InChI=1S/C7H7FN4O/c8-1-3-2-10-5-4(3)6(13)12-7(9)11-5/h2-3H,1H2,(H3,9,11,12,13). The number of rotatable bonds is 1. The molecule has 1 unspecified atom stereocenters. The van der Waals surface area contributed by atoms with Gasteiger partial charge in [-0.05, 0) is 0 Å². The van der Waals surface area contributed by atoms with E-state index in [2.05, 4.69) is 15.0 Å². The largest absolute Gasteiger partial charge is 0.369 e. The van der Waals surface area contributed by atoms with Crippen LogP contribution in [0.3, 0.4) is 0 Å². The number of aliphatic imine (C=N–C) groups is 1. The number of aromatic nitrogens is 2. The highest BCUT2D eigenvalue weighted by Gasteiger charge is 2.23. The summed E-state index contributed by atoms with van der Waals surface area (Å²) in [5.41, 5.74) is 5.13. The normalized spacial score (nSPS) is 19.0. The highest BCUT2D eigenvalue weighted by molar-refractivity contribution is 5.79. The van der Waals surface area contributed by atoms with Crippen molar-refractivity contribution in [2.75, 3.05) is 12.4 Å². The quantitative estimate of drug-likeness (QED) is 0.647. The van der Waals surface area contributed by atoms with Crippen molar-refractivity contribution in [1.29, 1.82) is 0 Å². The summed E-state index contributed by atoms with van der Waals surface area (Å²) in [7, 11) is 0. The summed E-state index contributed by atoms with van der Waals surface area (Å²) in [6.45, 7) is -0.648. The second kappa shape index (κ2) is 2.65. The Balaban J connectivity index is 2.64. The Hall–Kier alpha value is -1.72. The third-order valence-electron chi connectivity index (χ3n) is 1.87. The number of fused-ring (bicyclic) bond motifs is 1. The number of nitrogens with one attached hydrogen (secondary N) is 1. The first-order valence-electron chi connectivity index (χ1n) is 3.72. The van der Waals surface area contributed by atoms with Crippen molar-refractivity contribution in [3.05, 3.63) is 15.9 Å². The van der Waals surface area contributed by atoms with Crippen LogP contribution in [0.5, 0.6) is 0 Å². The van der Waals surface area contributed by atoms with E-state index in [1.54, 1.807) is 0 Å². The average Bonchev–Trinajstić information content (AvgIpc) is 2.47. The molecule has 0 amide bonds. The summed E-state index contributed by atoms with van der Waals surface area (Å²) < 4.78 is 12.4. The number of hydrogen-bond donors (Lipinski definition) is 2. The van der Waals surface area contributed by atoms with Gasteiger partial charge in [0, 0.05) is 6.21 Å². The zero-order valence-electron chi connectivity index (χ0n) is 6.62. The Kier molecular flexibility index (Phi) is 1.61. The number of hydrogen-bond acceptors (Lipinski definition) is 4. The third kappa shape index (κ3) is 1.10. The van der Waals surface area contributed by atoms with E-state index in [4.69, 9.17) is 5.73 Å². The SMILES string of the molecule is Nc1nc2c(c(=O)[nH]1)C(CF)C=N2. The topological polar surface area (TPSA) is 84.1 Å². The number of nitrogens with two attached hydrogens (primary N) is 1. The molecule has 68 valence electrons. The maximum atomic E-state index is 12.4. The average molecular weight is 182 g/mol. The van der Waals surface area contributed by atoms with Crippen LogP contribution in [-0.4, -0.2) is 22.9 Å². The summed E-state index contributed by atoms with van der Waals surface area (Å²) in [6, 6.07) is 0. The molecular formula is C7H7FN4O. The fourth-order valence-corrected chi connectivity index (χ4v) is 1.27. The van der Waals surface area contributed by atoms with Gasteiger partial charge >= 0.3 is 0 Å². The van der Waals surface area contributed by atoms with E-state index >= 15 is 0 Å². The summed E-state index contributed by atoms with van der Waals surface area (Å²) in [5.74, 6) is -0.351. The summed E-state index contributed by atoms with van der Waals surface area (Å²) in [4.78, 5) is 21.1. The van der Waals surface area contributed by atoms with Crippen molar-refractivity contribution in [3.63, 3.8) is 0 Å². The van der Waals surface area contributed by atoms with Gasteiger partial charge in [-0.15, -0.1) is 0 Å². The van der Waals surface area contributed by atoms with E-state index in [1.807, 2.05) is 0 Å². The fraction of sp³-hybridized carbons (Fsp3) is 0.286. The number of anilines is 1. The molecule has 0 aromatic carbocycles. The molecule has 5 nitrogen and oxygen atoms in total. The van der Waals surface area contributed by atoms with E-state index in [0.717, 1.165) is 0 Å². The molecule has 0 radical (unpaired) electrons. The molecule has 1 aliphatic heterocycles. The molecule has 0 saturated heterocycles. The first kappa shape index (κ1) is 7.90. The molecule has 13 heavy (non-hydrogen) atoms. The second-order valence-corrected chi connectivity index (χ2v) is 2.73. The number of aromatic amines is 1. The van der Waals surface area contributed by atoms with Gasteiger partial charge in [-0.1, -0.05) is 0 Å². The minimum Gasteiger partial charge on any atom is -0.369 e. The van der Waals surface area contributed by atoms with Crippen LogP contribution in [0.1, 0.15) is 11.5 Å². The van der Waals surface area contributed by atoms with E-state index in [0.29, 0.717) is 0 Å². The first-order chi connectivity index (χ1) is 6.22. The number of H-pyrrole nitrogens is 1. The number of nitrogen functional groups attached to an aromatic ring is 1. The summed E-state index contributed by atoms with van der Waals surface area (Å²) in [5, 5.41) is 0. The zero-order chi connectivity index (χ0) is 9.42. The van der Waals surface area contributed by atoms with Gasteiger partial charge in [-0.3, -0.25) is 14.2 Å². The van der Waals surface area contributed by atoms with Crippen molar-refractivity contribution in [3.8, 4) is 0 Å². The number of alkyl halides is 1. The van der Waals surface area contributed by atoms with E-state index < -0.39 is 18.2 Å². The van der Waals surface area contributed by atoms with Gasteiger partial charge in [-0.25, -0.2) is 4.99 Å². The minimum absolute atomic E-state index is 0.000378. The first-order valence-corrected chi connectivity index (χ1v) is 3.72. The van der Waals surface area contributed by atoms with Crippen molar-refractivity contribution in [2.45, 2.75) is 5.92 Å². The molecule has 2 rings (SSSR count). The van der Waals surface area contributed by atoms with Crippen LogP contribution in [0.15, 0.2) is 9.79 Å². The van der Waals surface area contributed by atoms with Gasteiger partial charge in [0.15, 0.2) is 5.82 Å². The lowest BCUT2D eigenvalue weighted by molar-refractivity contribution is 0.481. The molecule has 3 N–H and O–H groups in total. The molecule has 0 aliphatic carbocycles. The Bertz CT molecular complexity index is 425. The van der Waals surface area contributed by atoms with Crippen LogP contribution in [-0.2, 0) is 0 Å². The van der Waals surface area contributed by atoms with E-state index in [9.17, 15) is 9.18 Å². The zero-order valence-corrected chi connectivity index (χ0v) is 6.62. The number of nitrogens with zero attached hydrogens (tertiary/aromatic N) is 2. The third-order valence-corrected chi connectivity index (χ3v) is 1.87. The minimum atomic E-state index is -0.648. The molecule has 1 aliphatic rings. The van der Waals surface area contributed by atoms with Crippen molar-refractivity contribution >= 4 is 18.0 Å². The van der Waals surface area contributed by atoms with Gasteiger partial charge in [0.25, 0.3) is 5.56 Å². The number of halogens is 1. The van der Waals surface area contributed by atoms with Crippen LogP contribution in [0.4, 0.5) is 16.2 Å². The van der Waals surface area contributed by atoms with Crippen molar-refractivity contribution in [2.24, 2.45) is 4.99 Å². The van der Waals surface area contributed by atoms with Gasteiger partial charge in [0.05, 0.1) is 11.5 Å². The Labute approximate surface area is 72.5 Å². The van der Waals surface area contributed by atoms with E-state index in [1.165, 1.54) is 6.21 Å². The Morgan fingerprint density at radius 3 is 3.15 bits per heavy atom. The molecule has 2 heterocycles. The molecule has 0 fully saturated rings. The summed E-state index contributed by atoms with van der Waals surface area (Å²) >= 11 is 0. The lowest BCUT2D eigenvalue weighted by Gasteiger charge is -2.01. The molecule has 0 bridgehead atoms. The Morgan fingerprint density at radius 2 is 2.46 bits per heavy atom. The van der Waals surface area contributed by atoms with Crippen LogP contribution < -0.4 is 11.3 Å². The molecule has 1 atom stereocenters. The molecular weight excluding hydrogens is 175 g/mol. The van der Waals surface area contributed by atoms with Crippen LogP contribution in [0.25, 0.3) is 0 Å². The predicted molar refractivity (Wildman–Crippen MR) is 46.1 cm³/mol. The van der Waals surface area contributed by atoms with Crippen molar-refractivity contribution < 1.29 is 4.39 Å². The van der Waals surface area contributed by atoms with Crippen LogP contribution in [0.2, 0.25) is 0 Å². The maximum absolute atomic E-state index is 12.4. The highest BCUT2D eigenvalue weighted by Crippen LogP contribution is 2.27. The molecule has 1 aromatic rings. The fourth-order valence-electron chi connectivity index (χ4n) is 1.27. The molecule has 0 spiro atoms. The lowest BCUT2D eigenvalue weighted by atomic mass is 10.1. The van der Waals surface area contributed by atoms with Crippen LogP contribution in [0, 0.1) is 0 Å². The molecule has 6 heteroatoms. The van der Waals surface area contributed by atoms with Gasteiger partial charge < -0.3 is 5.73 Å². The second-order valence-electron chi connectivity index (χ2n) is 2.73. The van der Waals surface area contributed by atoms with Gasteiger partial charge in [0.1, 0.15) is 6.67 Å². The maximum Gasteiger partial charge on any atom is 0.258 e. The van der Waals surface area contributed by atoms with Gasteiger partial charge in [0.2, 0.25) is 5.95 Å². The van der Waals surface area contributed by atoms with E-state index in [-0.39, 0.29) is 17.3 Å². The molecule has 1 aromatic heterocycles. The summed E-state index contributed by atoms with van der Waals surface area (Å²) in [6.07, 6.45) is 1.37.